The van der Waals surface area contributed by atoms with Crippen LogP contribution in [0.5, 0.6) is 0 Å². The van der Waals surface area contributed by atoms with Gasteiger partial charge in [0.2, 0.25) is 0 Å². The predicted molar refractivity (Wildman–Crippen MR) is 79.4 cm³/mol. The Morgan fingerprint density at radius 3 is 2.00 bits per heavy atom. The number of ether oxygens (including phenoxy) is 2. The lowest BCUT2D eigenvalue weighted by Gasteiger charge is -2.29. The fraction of sp³-hybridized carbons (Fsp3) is 0.231. The fourth-order valence-corrected chi connectivity index (χ4v) is 2.53. The molecule has 8 heteroatoms. The lowest BCUT2D eigenvalue weighted by atomic mass is 10.2. The van der Waals surface area contributed by atoms with Gasteiger partial charge in [0.25, 0.3) is 5.79 Å². The normalized spacial score (nSPS) is 17.1. The van der Waals surface area contributed by atoms with Crippen molar-refractivity contribution in [2.24, 2.45) is 0 Å². The minimum Gasteiger partial charge on any atom is -0.419 e. The van der Waals surface area contributed by atoms with E-state index in [1.165, 1.54) is 26.0 Å². The smallest absolute Gasteiger partial charge is 0.350 e. The molecule has 0 bridgehead atoms. The number of anilines is 1. The molecule has 21 heavy (non-hydrogen) atoms. The van der Waals surface area contributed by atoms with Crippen molar-refractivity contribution in [3.8, 4) is 0 Å². The minimum absolute atomic E-state index is 0.238. The largest absolute Gasteiger partial charge is 0.419 e. The van der Waals surface area contributed by atoms with Gasteiger partial charge in [0, 0.05) is 25.1 Å². The Morgan fingerprint density at radius 1 is 1.05 bits per heavy atom. The van der Waals surface area contributed by atoms with Crippen LogP contribution in [-0.4, -0.2) is 17.7 Å². The maximum atomic E-state index is 11.7. The molecule has 1 N–H and O–H groups in total. The molecule has 2 rings (SSSR count). The molecule has 1 heterocycles. The average Bonchev–Trinajstić information content (AvgIpc) is 2.29. The maximum absolute atomic E-state index is 11.7. The van der Waals surface area contributed by atoms with Gasteiger partial charge in [0.1, 0.15) is 0 Å². The quantitative estimate of drug-likeness (QED) is 0.499. The van der Waals surface area contributed by atoms with Crippen LogP contribution in [0.4, 0.5) is 5.69 Å². The number of rotatable bonds is 2. The molecule has 0 amide bonds. The van der Waals surface area contributed by atoms with Crippen LogP contribution in [0.25, 0.3) is 0 Å². The molecule has 112 valence electrons. The third-order valence-corrected chi connectivity index (χ3v) is 3.30. The molecule has 0 aromatic heterocycles. The Kier molecular flexibility index (Phi) is 4.37. The average molecular weight is 351 g/mol. The number of benzene rings is 1. The van der Waals surface area contributed by atoms with Crippen molar-refractivity contribution in [3.05, 3.63) is 39.0 Å². The molecule has 1 aliphatic heterocycles. The van der Waals surface area contributed by atoms with E-state index in [9.17, 15) is 9.59 Å². The van der Waals surface area contributed by atoms with E-state index in [0.717, 1.165) is 6.20 Å². The van der Waals surface area contributed by atoms with Gasteiger partial charge in [-0.05, 0) is 12.1 Å². The number of halogens is 3. The van der Waals surface area contributed by atoms with Crippen LogP contribution >= 0.6 is 34.8 Å². The van der Waals surface area contributed by atoms with Crippen molar-refractivity contribution in [3.63, 3.8) is 0 Å². The summed E-state index contributed by atoms with van der Waals surface area (Å²) in [5.41, 5.74) is 0.0112. The Morgan fingerprint density at radius 2 is 1.52 bits per heavy atom. The van der Waals surface area contributed by atoms with Crippen LogP contribution in [0.15, 0.2) is 23.9 Å². The van der Waals surface area contributed by atoms with Gasteiger partial charge in [-0.1, -0.05) is 34.8 Å². The summed E-state index contributed by atoms with van der Waals surface area (Å²) >= 11 is 17.7. The maximum Gasteiger partial charge on any atom is 0.350 e. The first-order chi connectivity index (χ1) is 9.69. The zero-order valence-corrected chi connectivity index (χ0v) is 13.3. The molecular formula is C13H10Cl3NO4. The molecule has 0 unspecified atom stereocenters. The summed E-state index contributed by atoms with van der Waals surface area (Å²) in [4.78, 5) is 23.5. The van der Waals surface area contributed by atoms with Gasteiger partial charge in [-0.3, -0.25) is 0 Å². The first-order valence-corrected chi connectivity index (χ1v) is 6.91. The highest BCUT2D eigenvalue weighted by atomic mass is 35.5. The summed E-state index contributed by atoms with van der Waals surface area (Å²) in [5.74, 6) is -2.89. The molecule has 1 aromatic carbocycles. The number of esters is 2. The van der Waals surface area contributed by atoms with Crippen LogP contribution in [-0.2, 0) is 19.1 Å². The standard InChI is InChI=1S/C13H10Cl3NO4/c1-13(2)20-11(18)7(12(19)21-13)5-17-10-8(15)3-6(14)4-9(10)16/h3-5,17H,1-2H3. The number of carbonyl (C=O) groups excluding carboxylic acids is 2. The number of carbonyl (C=O) groups is 2. The molecule has 1 aromatic rings. The van der Waals surface area contributed by atoms with E-state index >= 15 is 0 Å². The van der Waals surface area contributed by atoms with Crippen LogP contribution in [0.1, 0.15) is 13.8 Å². The zero-order chi connectivity index (χ0) is 15.8. The summed E-state index contributed by atoms with van der Waals surface area (Å²) in [6, 6.07) is 2.94. The summed E-state index contributed by atoms with van der Waals surface area (Å²) in [6.45, 7) is 2.92. The van der Waals surface area contributed by atoms with Crippen LogP contribution in [0.2, 0.25) is 15.1 Å². The fourth-order valence-electron chi connectivity index (χ4n) is 1.60. The molecule has 0 aliphatic carbocycles. The third kappa shape index (κ3) is 3.61. The van der Waals surface area contributed by atoms with Crippen molar-refractivity contribution in [2.45, 2.75) is 19.6 Å². The summed E-state index contributed by atoms with van der Waals surface area (Å²) in [5, 5.41) is 3.52. The van der Waals surface area contributed by atoms with E-state index in [1.807, 2.05) is 0 Å². The molecule has 1 saturated heterocycles. The number of hydrogen-bond acceptors (Lipinski definition) is 5. The van der Waals surface area contributed by atoms with Gasteiger partial charge in [-0.15, -0.1) is 0 Å². The van der Waals surface area contributed by atoms with Crippen LogP contribution < -0.4 is 5.32 Å². The second kappa shape index (κ2) is 5.75. The number of cyclic esters (lactones) is 2. The van der Waals surface area contributed by atoms with Gasteiger partial charge in [-0.2, -0.15) is 0 Å². The van der Waals surface area contributed by atoms with Gasteiger partial charge in [-0.25, -0.2) is 9.59 Å². The van der Waals surface area contributed by atoms with E-state index in [4.69, 9.17) is 44.3 Å². The Bertz CT molecular complexity index is 610. The highest BCUT2D eigenvalue weighted by molar-refractivity contribution is 6.41. The third-order valence-electron chi connectivity index (χ3n) is 2.48. The summed E-state index contributed by atoms with van der Waals surface area (Å²) in [7, 11) is 0. The van der Waals surface area contributed by atoms with Gasteiger partial charge in [0.05, 0.1) is 15.7 Å². The van der Waals surface area contributed by atoms with Gasteiger partial charge < -0.3 is 14.8 Å². The topological polar surface area (TPSA) is 64.6 Å². The second-order valence-electron chi connectivity index (χ2n) is 4.63. The van der Waals surface area contributed by atoms with Crippen molar-refractivity contribution >= 4 is 52.4 Å². The number of nitrogens with one attached hydrogen (secondary N) is 1. The van der Waals surface area contributed by atoms with E-state index in [1.54, 1.807) is 0 Å². The molecule has 0 saturated carbocycles. The Balaban J connectivity index is 2.26. The van der Waals surface area contributed by atoms with Gasteiger partial charge in [0.15, 0.2) is 5.57 Å². The lowest BCUT2D eigenvalue weighted by Crippen LogP contribution is -2.42. The SMILES string of the molecule is CC1(C)OC(=O)C(=CNc2c(Cl)cc(Cl)cc2Cl)C(=O)O1. The van der Waals surface area contributed by atoms with Crippen molar-refractivity contribution in [1.29, 1.82) is 0 Å². The van der Waals surface area contributed by atoms with Crippen LogP contribution in [0, 0.1) is 0 Å². The molecule has 1 fully saturated rings. The minimum atomic E-state index is -1.29. The highest BCUT2D eigenvalue weighted by Gasteiger charge is 2.39. The van der Waals surface area contributed by atoms with Gasteiger partial charge >= 0.3 is 11.9 Å². The number of hydrogen-bond donors (Lipinski definition) is 1. The van der Waals surface area contributed by atoms with Crippen molar-refractivity contribution in [1.82, 2.24) is 0 Å². The first-order valence-electron chi connectivity index (χ1n) is 5.77. The Labute approximate surface area is 135 Å². The van der Waals surface area contributed by atoms with Crippen LogP contribution in [0.3, 0.4) is 0 Å². The molecule has 1 aliphatic rings. The van der Waals surface area contributed by atoms with E-state index in [0.29, 0.717) is 10.7 Å². The highest BCUT2D eigenvalue weighted by Crippen LogP contribution is 2.34. The van der Waals surface area contributed by atoms with Crippen molar-refractivity contribution < 1.29 is 19.1 Å². The molecule has 0 atom stereocenters. The molecule has 5 nitrogen and oxygen atoms in total. The molecule has 0 radical (unpaired) electrons. The second-order valence-corrected chi connectivity index (χ2v) is 5.88. The monoisotopic (exact) mass is 349 g/mol. The molecular weight excluding hydrogens is 341 g/mol. The predicted octanol–water partition coefficient (Wildman–Crippen LogP) is 3.78. The van der Waals surface area contributed by atoms with E-state index in [2.05, 4.69) is 5.32 Å². The van der Waals surface area contributed by atoms with E-state index in [-0.39, 0.29) is 15.6 Å². The Hall–Kier alpha value is -1.43. The lowest BCUT2D eigenvalue weighted by molar-refractivity contribution is -0.222. The first kappa shape index (κ1) is 15.9. The van der Waals surface area contributed by atoms with E-state index < -0.39 is 17.7 Å². The van der Waals surface area contributed by atoms with Crippen molar-refractivity contribution in [2.75, 3.05) is 5.32 Å². The summed E-state index contributed by atoms with van der Waals surface area (Å²) < 4.78 is 9.89. The molecule has 0 spiro atoms. The zero-order valence-electron chi connectivity index (χ0n) is 11.0. The summed E-state index contributed by atoms with van der Waals surface area (Å²) in [6.07, 6.45) is 1.13.